The molecule has 0 aliphatic rings. The summed E-state index contributed by atoms with van der Waals surface area (Å²) in [5.74, 6) is -1.22. The van der Waals surface area contributed by atoms with Crippen LogP contribution in [0.1, 0.15) is 52.4 Å². The zero-order chi connectivity index (χ0) is 21.8. The molecule has 2 aromatic rings. The molecule has 0 fully saturated rings. The Hall–Kier alpha value is -3.22. The van der Waals surface area contributed by atoms with Gasteiger partial charge in [-0.15, -0.1) is 0 Å². The van der Waals surface area contributed by atoms with Crippen molar-refractivity contribution >= 4 is 40.0 Å². The maximum Gasteiger partial charge on any atom is 0.437 e. The Bertz CT molecular complexity index is 903. The fraction of sp³-hybridized carbons (Fsp3) is 0.391. The molecule has 0 heterocycles. The molecule has 0 unspecified atom stereocenters. The van der Waals surface area contributed by atoms with Crippen molar-refractivity contribution in [2.24, 2.45) is 5.16 Å². The van der Waals surface area contributed by atoms with Crippen molar-refractivity contribution in [2.75, 3.05) is 11.9 Å². The molecule has 0 bridgehead atoms. The van der Waals surface area contributed by atoms with Crippen LogP contribution in [0.5, 0.6) is 0 Å². The van der Waals surface area contributed by atoms with Crippen LogP contribution in [0.4, 0.5) is 10.5 Å². The molecule has 7 nitrogen and oxygen atoms in total. The van der Waals surface area contributed by atoms with Gasteiger partial charge in [-0.1, -0.05) is 80.6 Å². The van der Waals surface area contributed by atoms with E-state index in [1.54, 1.807) is 12.1 Å². The highest BCUT2D eigenvalue weighted by Crippen LogP contribution is 2.23. The standard InChI is InChI=1S/C23H29N3O4/c1-3-4-5-6-7-10-16-24-22(28)21(17(2)27)26-30-23(29)25-20-15-11-13-18-12-8-9-14-19(18)20/h8-9,11-15H,3-7,10,16H2,1-2H3,(H,24,28)(H,25,29). The fourth-order valence-corrected chi connectivity index (χ4v) is 3.01. The van der Waals surface area contributed by atoms with Gasteiger partial charge in [0.25, 0.3) is 5.91 Å². The Morgan fingerprint density at radius 1 is 0.933 bits per heavy atom. The number of hydrogen-bond donors (Lipinski definition) is 2. The number of carbonyl (C=O) groups is 3. The van der Waals surface area contributed by atoms with Crippen LogP contribution < -0.4 is 10.6 Å². The van der Waals surface area contributed by atoms with Crippen molar-refractivity contribution < 1.29 is 19.2 Å². The number of benzene rings is 2. The molecule has 160 valence electrons. The minimum absolute atomic E-state index is 0.436. The molecule has 0 aliphatic heterocycles. The second-order valence-electron chi connectivity index (χ2n) is 7.05. The number of unbranched alkanes of at least 4 members (excludes halogenated alkanes) is 5. The number of ketones is 1. The van der Waals surface area contributed by atoms with E-state index in [9.17, 15) is 14.4 Å². The quantitative estimate of drug-likeness (QED) is 0.182. The number of oxime groups is 1. The van der Waals surface area contributed by atoms with Crippen molar-refractivity contribution in [1.29, 1.82) is 0 Å². The monoisotopic (exact) mass is 411 g/mol. The lowest BCUT2D eigenvalue weighted by molar-refractivity contribution is -0.117. The van der Waals surface area contributed by atoms with Gasteiger partial charge in [0.15, 0.2) is 5.78 Å². The summed E-state index contributed by atoms with van der Waals surface area (Å²) in [7, 11) is 0. The van der Waals surface area contributed by atoms with Crippen LogP contribution >= 0.6 is 0 Å². The van der Waals surface area contributed by atoms with Gasteiger partial charge in [-0.3, -0.25) is 19.7 Å². The van der Waals surface area contributed by atoms with Crippen molar-refractivity contribution in [3.8, 4) is 0 Å². The molecule has 2 N–H and O–H groups in total. The summed E-state index contributed by atoms with van der Waals surface area (Å²) in [6.07, 6.45) is 5.65. The smallest absolute Gasteiger partial charge is 0.350 e. The van der Waals surface area contributed by atoms with E-state index in [1.807, 2.05) is 30.3 Å². The van der Waals surface area contributed by atoms with Gasteiger partial charge >= 0.3 is 6.09 Å². The molecule has 0 radical (unpaired) electrons. The number of hydrogen-bond acceptors (Lipinski definition) is 5. The number of fused-ring (bicyclic) bond motifs is 1. The zero-order valence-corrected chi connectivity index (χ0v) is 17.6. The van der Waals surface area contributed by atoms with Crippen molar-refractivity contribution in [2.45, 2.75) is 52.4 Å². The highest BCUT2D eigenvalue weighted by Gasteiger charge is 2.18. The van der Waals surface area contributed by atoms with Gasteiger partial charge in [-0.05, 0) is 17.9 Å². The van der Waals surface area contributed by atoms with Crippen molar-refractivity contribution in [3.05, 3.63) is 42.5 Å². The number of Topliss-reactive ketones (excluding diaryl/α,β-unsaturated/α-hetero) is 1. The Morgan fingerprint density at radius 3 is 2.40 bits per heavy atom. The molecule has 0 aromatic heterocycles. The van der Waals surface area contributed by atoms with Gasteiger partial charge < -0.3 is 5.32 Å². The number of amides is 2. The van der Waals surface area contributed by atoms with Gasteiger partial charge in [0.2, 0.25) is 5.71 Å². The number of carbonyl (C=O) groups excluding carboxylic acids is 3. The van der Waals surface area contributed by atoms with Crippen LogP contribution in [0.25, 0.3) is 10.8 Å². The van der Waals surface area contributed by atoms with E-state index in [1.165, 1.54) is 26.2 Å². The molecule has 7 heteroatoms. The molecule has 2 amide bonds. The minimum Gasteiger partial charge on any atom is -0.350 e. The van der Waals surface area contributed by atoms with E-state index in [2.05, 4.69) is 22.7 Å². The predicted octanol–water partition coefficient (Wildman–Crippen LogP) is 4.81. The largest absolute Gasteiger partial charge is 0.437 e. The van der Waals surface area contributed by atoms with E-state index in [0.29, 0.717) is 12.2 Å². The summed E-state index contributed by atoms with van der Waals surface area (Å²) in [5.41, 5.74) is 0.110. The maximum absolute atomic E-state index is 12.2. The van der Waals surface area contributed by atoms with Crippen LogP contribution in [-0.4, -0.2) is 30.0 Å². The summed E-state index contributed by atoms with van der Waals surface area (Å²) in [5, 5.41) is 10.5. The molecule has 0 aliphatic carbocycles. The van der Waals surface area contributed by atoms with Gasteiger partial charge in [-0.25, -0.2) is 4.79 Å². The molecule has 0 saturated heterocycles. The molecule has 0 spiro atoms. The van der Waals surface area contributed by atoms with E-state index in [4.69, 9.17) is 4.84 Å². The topological polar surface area (TPSA) is 96.9 Å². The second kappa shape index (κ2) is 12.4. The first-order valence-corrected chi connectivity index (χ1v) is 10.4. The SMILES string of the molecule is CCCCCCCCNC(=O)C(=NOC(=O)Nc1cccc2ccccc12)C(C)=O. The van der Waals surface area contributed by atoms with Crippen LogP contribution in [0.3, 0.4) is 0 Å². The summed E-state index contributed by atoms with van der Waals surface area (Å²) in [6.45, 7) is 3.81. The van der Waals surface area contributed by atoms with Gasteiger partial charge in [0.05, 0.1) is 5.69 Å². The second-order valence-corrected chi connectivity index (χ2v) is 7.05. The molecule has 0 atom stereocenters. The summed E-state index contributed by atoms with van der Waals surface area (Å²) < 4.78 is 0. The fourth-order valence-electron chi connectivity index (χ4n) is 3.01. The third-order valence-corrected chi connectivity index (χ3v) is 4.61. The molecular formula is C23H29N3O4. The summed E-state index contributed by atoms with van der Waals surface area (Å²) >= 11 is 0. The average Bonchev–Trinajstić information content (AvgIpc) is 2.73. The molecule has 0 saturated carbocycles. The number of nitrogens with one attached hydrogen (secondary N) is 2. The summed E-state index contributed by atoms with van der Waals surface area (Å²) in [6, 6.07) is 13.0. The Labute approximate surface area is 176 Å². The van der Waals surface area contributed by atoms with Crippen molar-refractivity contribution in [1.82, 2.24) is 5.32 Å². The Kier molecular flexibility index (Phi) is 9.51. The van der Waals surface area contributed by atoms with Crippen LogP contribution in [0, 0.1) is 0 Å². The van der Waals surface area contributed by atoms with Crippen LogP contribution in [0.15, 0.2) is 47.6 Å². The number of rotatable bonds is 11. The Balaban J connectivity index is 1.88. The normalized spacial score (nSPS) is 11.2. The number of nitrogens with zero attached hydrogens (tertiary/aromatic N) is 1. The lowest BCUT2D eigenvalue weighted by Crippen LogP contribution is -2.36. The van der Waals surface area contributed by atoms with Gasteiger partial charge in [0.1, 0.15) is 0 Å². The molecular weight excluding hydrogens is 382 g/mol. The first-order valence-electron chi connectivity index (χ1n) is 10.4. The average molecular weight is 412 g/mol. The molecule has 2 aromatic carbocycles. The van der Waals surface area contributed by atoms with Gasteiger partial charge in [0, 0.05) is 18.9 Å². The predicted molar refractivity (Wildman–Crippen MR) is 119 cm³/mol. The Morgan fingerprint density at radius 2 is 1.63 bits per heavy atom. The highest BCUT2D eigenvalue weighted by atomic mass is 16.7. The van der Waals surface area contributed by atoms with E-state index in [-0.39, 0.29) is 0 Å². The van der Waals surface area contributed by atoms with E-state index < -0.39 is 23.5 Å². The molecule has 2 rings (SSSR count). The molecule has 30 heavy (non-hydrogen) atoms. The lowest BCUT2D eigenvalue weighted by Gasteiger charge is -2.08. The summed E-state index contributed by atoms with van der Waals surface area (Å²) in [4.78, 5) is 40.8. The van der Waals surface area contributed by atoms with Crippen LogP contribution in [-0.2, 0) is 14.4 Å². The van der Waals surface area contributed by atoms with Crippen LogP contribution in [0.2, 0.25) is 0 Å². The van der Waals surface area contributed by atoms with E-state index >= 15 is 0 Å². The zero-order valence-electron chi connectivity index (χ0n) is 17.6. The number of anilines is 1. The maximum atomic E-state index is 12.2. The third-order valence-electron chi connectivity index (χ3n) is 4.61. The first-order chi connectivity index (χ1) is 14.5. The van der Waals surface area contributed by atoms with Gasteiger partial charge in [-0.2, -0.15) is 0 Å². The minimum atomic E-state index is -0.881. The highest BCUT2D eigenvalue weighted by molar-refractivity contribution is 6.65. The lowest BCUT2D eigenvalue weighted by atomic mass is 10.1. The third kappa shape index (κ3) is 7.31. The van der Waals surface area contributed by atoms with Crippen molar-refractivity contribution in [3.63, 3.8) is 0 Å². The first kappa shape index (κ1) is 23.1. The van der Waals surface area contributed by atoms with E-state index in [0.717, 1.165) is 30.0 Å².